The van der Waals surface area contributed by atoms with Crippen molar-refractivity contribution in [3.8, 4) is 11.1 Å². The highest BCUT2D eigenvalue weighted by Crippen LogP contribution is 2.34. The van der Waals surface area contributed by atoms with Crippen LogP contribution >= 0.6 is 0 Å². The molecule has 9 heteroatoms. The average molecular weight is 480 g/mol. The molecule has 0 bridgehead atoms. The monoisotopic (exact) mass is 479 g/mol. The van der Waals surface area contributed by atoms with E-state index in [4.69, 9.17) is 5.11 Å². The van der Waals surface area contributed by atoms with Crippen LogP contribution in [0.5, 0.6) is 0 Å². The molecule has 0 aliphatic rings. The third-order valence-corrected chi connectivity index (χ3v) is 6.80. The Kier molecular flexibility index (Phi) is 8.88. The van der Waals surface area contributed by atoms with Crippen molar-refractivity contribution < 1.29 is 32.9 Å². The molecule has 2 rings (SSSR count). The number of nitrogens with zero attached hydrogens (tertiary/aromatic N) is 1. The van der Waals surface area contributed by atoms with Gasteiger partial charge in [-0.1, -0.05) is 38.1 Å². The van der Waals surface area contributed by atoms with Crippen LogP contribution in [0.3, 0.4) is 0 Å². The zero-order chi connectivity index (χ0) is 24.9. The van der Waals surface area contributed by atoms with Gasteiger partial charge in [0.1, 0.15) is 11.1 Å². The van der Waals surface area contributed by atoms with E-state index in [1.165, 1.54) is 18.2 Å². The van der Waals surface area contributed by atoms with Gasteiger partial charge in [0.25, 0.3) is 0 Å². The number of carboxylic acid groups (broad SMARTS) is 1. The van der Waals surface area contributed by atoms with Gasteiger partial charge in [-0.15, -0.1) is 0 Å². The number of aliphatic hydroxyl groups excluding tert-OH is 2. The van der Waals surface area contributed by atoms with Gasteiger partial charge < -0.3 is 15.3 Å². The molecular formula is C24H30FNO6S. The van der Waals surface area contributed by atoms with E-state index in [0.717, 1.165) is 6.26 Å². The second kappa shape index (κ2) is 11.0. The normalized spacial score (nSPS) is 15.0. The second-order valence-corrected chi connectivity index (χ2v) is 10.8. The highest BCUT2D eigenvalue weighted by atomic mass is 32.2. The summed E-state index contributed by atoms with van der Waals surface area (Å²) in [4.78, 5) is 15.3. The summed E-state index contributed by atoms with van der Waals surface area (Å²) in [6, 6.07) is 7.41. The first kappa shape index (κ1) is 26.6. The smallest absolute Gasteiger partial charge is 0.305 e. The number of pyridine rings is 1. The SMILES string of the molecule is CC(C)c1nc(C(C)S(C)(=O)=O)cc(-c2ccc(F)cc2)c1/C=C/[C@@H](O)C[C@@H](O)CC(=O)O. The zero-order valence-corrected chi connectivity index (χ0v) is 19.9. The van der Waals surface area contributed by atoms with Crippen molar-refractivity contribution >= 4 is 21.9 Å². The zero-order valence-electron chi connectivity index (χ0n) is 19.1. The topological polar surface area (TPSA) is 125 Å². The fourth-order valence-corrected chi connectivity index (χ4v) is 3.92. The van der Waals surface area contributed by atoms with Gasteiger partial charge in [-0.25, -0.2) is 12.8 Å². The maximum Gasteiger partial charge on any atom is 0.305 e. The molecule has 0 saturated heterocycles. The third-order valence-electron chi connectivity index (χ3n) is 5.28. The maximum absolute atomic E-state index is 13.5. The van der Waals surface area contributed by atoms with Gasteiger partial charge in [-0.05, 0) is 42.2 Å². The van der Waals surface area contributed by atoms with E-state index in [2.05, 4.69) is 4.98 Å². The Labute approximate surface area is 193 Å². The van der Waals surface area contributed by atoms with Crippen molar-refractivity contribution in [3.63, 3.8) is 0 Å². The number of sulfone groups is 1. The molecule has 0 radical (unpaired) electrons. The number of rotatable bonds is 10. The van der Waals surface area contributed by atoms with Crippen molar-refractivity contribution in [2.75, 3.05) is 6.26 Å². The minimum Gasteiger partial charge on any atom is -0.481 e. The summed E-state index contributed by atoms with van der Waals surface area (Å²) >= 11 is 0. The largest absolute Gasteiger partial charge is 0.481 e. The van der Waals surface area contributed by atoms with Crippen molar-refractivity contribution in [1.82, 2.24) is 4.98 Å². The summed E-state index contributed by atoms with van der Waals surface area (Å²) in [6.45, 7) is 5.35. The summed E-state index contributed by atoms with van der Waals surface area (Å²) in [6.07, 6.45) is 1.22. The molecule has 0 aliphatic heterocycles. The van der Waals surface area contributed by atoms with Crippen LogP contribution in [0.2, 0.25) is 0 Å². The lowest BCUT2D eigenvalue weighted by atomic mass is 9.92. The summed E-state index contributed by atoms with van der Waals surface area (Å²) < 4.78 is 37.9. The molecule has 7 nitrogen and oxygen atoms in total. The first-order valence-electron chi connectivity index (χ1n) is 10.5. The fraction of sp³-hybridized carbons (Fsp3) is 0.417. The molecule has 0 aliphatic carbocycles. The standard InChI is InChI=1S/C24H30FNO6S/c1-14(2)24-20(10-9-18(27)11-19(28)12-23(29)30)21(16-5-7-17(25)8-6-16)13-22(26-24)15(3)33(4,31)32/h5-10,13-15,18-19,27-28H,11-12H2,1-4H3,(H,29,30)/b10-9+/t15?,18-,19-/m1/s1. The number of hydrogen-bond donors (Lipinski definition) is 3. The number of aromatic nitrogens is 1. The van der Waals surface area contributed by atoms with Crippen LogP contribution < -0.4 is 0 Å². The van der Waals surface area contributed by atoms with Gasteiger partial charge in [-0.3, -0.25) is 9.78 Å². The van der Waals surface area contributed by atoms with Gasteiger partial charge >= 0.3 is 5.97 Å². The van der Waals surface area contributed by atoms with Crippen LogP contribution in [0, 0.1) is 5.82 Å². The molecule has 0 amide bonds. The van der Waals surface area contributed by atoms with Gasteiger partial charge in [-0.2, -0.15) is 0 Å². The molecule has 0 fully saturated rings. The Morgan fingerprint density at radius 1 is 1.15 bits per heavy atom. The number of hydrogen-bond acceptors (Lipinski definition) is 6. The highest BCUT2D eigenvalue weighted by Gasteiger charge is 2.23. The first-order valence-corrected chi connectivity index (χ1v) is 12.5. The van der Waals surface area contributed by atoms with Crippen molar-refractivity contribution in [2.45, 2.75) is 57.0 Å². The lowest BCUT2D eigenvalue weighted by Crippen LogP contribution is -2.19. The van der Waals surface area contributed by atoms with E-state index < -0.39 is 45.5 Å². The molecule has 1 aromatic heterocycles. The van der Waals surface area contributed by atoms with Crippen LogP contribution in [-0.2, 0) is 14.6 Å². The van der Waals surface area contributed by atoms with Gasteiger partial charge in [0.2, 0.25) is 0 Å². The van der Waals surface area contributed by atoms with E-state index in [9.17, 15) is 27.8 Å². The Morgan fingerprint density at radius 2 is 1.76 bits per heavy atom. The third kappa shape index (κ3) is 7.45. The number of aliphatic carboxylic acids is 1. The quantitative estimate of drug-likeness (QED) is 0.474. The molecule has 1 aromatic carbocycles. The summed E-state index contributed by atoms with van der Waals surface area (Å²) in [5.74, 6) is -1.69. The first-order chi connectivity index (χ1) is 15.3. The predicted octanol–water partition coefficient (Wildman–Crippen LogP) is 3.72. The van der Waals surface area contributed by atoms with Crippen LogP contribution in [0.25, 0.3) is 17.2 Å². The molecule has 180 valence electrons. The van der Waals surface area contributed by atoms with Crippen molar-refractivity contribution in [1.29, 1.82) is 0 Å². The Balaban J connectivity index is 2.61. The summed E-state index contributed by atoms with van der Waals surface area (Å²) in [7, 11) is -3.42. The number of benzene rings is 1. The van der Waals surface area contributed by atoms with E-state index in [1.54, 1.807) is 31.2 Å². The Hall–Kier alpha value is -2.62. The van der Waals surface area contributed by atoms with E-state index in [1.807, 2.05) is 13.8 Å². The fourth-order valence-electron chi connectivity index (χ4n) is 3.36. The predicted molar refractivity (Wildman–Crippen MR) is 125 cm³/mol. The average Bonchev–Trinajstić information content (AvgIpc) is 2.70. The summed E-state index contributed by atoms with van der Waals surface area (Å²) in [5.41, 5.74) is 2.83. The number of halogens is 1. The van der Waals surface area contributed by atoms with E-state index >= 15 is 0 Å². The minimum absolute atomic E-state index is 0.106. The van der Waals surface area contributed by atoms with Gasteiger partial charge in [0.05, 0.1) is 30.0 Å². The van der Waals surface area contributed by atoms with Crippen molar-refractivity contribution in [2.24, 2.45) is 0 Å². The molecular weight excluding hydrogens is 449 g/mol. The van der Waals surface area contributed by atoms with Crippen LogP contribution in [0.1, 0.15) is 61.7 Å². The maximum atomic E-state index is 13.5. The van der Waals surface area contributed by atoms with E-state index in [-0.39, 0.29) is 12.3 Å². The Morgan fingerprint density at radius 3 is 2.27 bits per heavy atom. The van der Waals surface area contributed by atoms with Gasteiger partial charge in [0, 0.05) is 18.2 Å². The molecule has 3 atom stereocenters. The molecule has 2 aromatic rings. The molecule has 3 N–H and O–H groups in total. The number of aliphatic hydroxyl groups is 2. The van der Waals surface area contributed by atoms with Crippen LogP contribution in [0.15, 0.2) is 36.4 Å². The highest BCUT2D eigenvalue weighted by molar-refractivity contribution is 7.90. The van der Waals surface area contributed by atoms with E-state index in [0.29, 0.717) is 28.1 Å². The minimum atomic E-state index is -3.42. The van der Waals surface area contributed by atoms with Gasteiger partial charge in [0.15, 0.2) is 9.84 Å². The van der Waals surface area contributed by atoms with Crippen molar-refractivity contribution in [3.05, 3.63) is 59.2 Å². The molecule has 0 saturated carbocycles. The van der Waals surface area contributed by atoms with Crippen LogP contribution in [-0.4, -0.2) is 53.2 Å². The molecule has 0 spiro atoms. The lowest BCUT2D eigenvalue weighted by Gasteiger charge is -2.19. The molecule has 33 heavy (non-hydrogen) atoms. The second-order valence-electron chi connectivity index (χ2n) is 8.44. The Bertz CT molecular complexity index is 1110. The lowest BCUT2D eigenvalue weighted by molar-refractivity contribution is -0.139. The molecule has 1 unspecified atom stereocenters. The number of carbonyl (C=O) groups is 1. The number of carboxylic acids is 1. The summed E-state index contributed by atoms with van der Waals surface area (Å²) in [5, 5.41) is 28.0. The van der Waals surface area contributed by atoms with Crippen LogP contribution in [0.4, 0.5) is 4.39 Å². The molecule has 1 heterocycles.